The maximum Gasteiger partial charge on any atom is 0.349 e. The van der Waals surface area contributed by atoms with Crippen LogP contribution in [-0.2, 0) is 16.1 Å². The number of hydrogen-bond donors (Lipinski definition) is 1. The summed E-state index contributed by atoms with van der Waals surface area (Å²) in [5.74, 6) is 0.178. The summed E-state index contributed by atoms with van der Waals surface area (Å²) in [4.78, 5) is 28.2. The Morgan fingerprint density at radius 2 is 1.66 bits per heavy atom. The van der Waals surface area contributed by atoms with Crippen LogP contribution < -0.4 is 10.1 Å². The van der Waals surface area contributed by atoms with Crippen molar-refractivity contribution in [1.82, 2.24) is 4.90 Å². The van der Waals surface area contributed by atoms with Crippen molar-refractivity contribution in [2.45, 2.75) is 76.8 Å². The molecule has 2 aromatic carbocycles. The van der Waals surface area contributed by atoms with Crippen molar-refractivity contribution >= 4 is 29.4 Å². The molecule has 0 fully saturated rings. The first-order chi connectivity index (χ1) is 16.8. The van der Waals surface area contributed by atoms with Crippen molar-refractivity contribution in [3.63, 3.8) is 0 Å². The summed E-state index contributed by atoms with van der Waals surface area (Å²) < 4.78 is 11.0. The number of carbonyl (C=O) groups is 2. The van der Waals surface area contributed by atoms with Crippen LogP contribution in [0.4, 0.5) is 10.5 Å². The number of rotatable bonds is 14. The maximum atomic E-state index is 13.2. The lowest BCUT2D eigenvalue weighted by Crippen LogP contribution is -2.39. The third-order valence-electron chi connectivity index (χ3n) is 5.60. The average molecular weight is 501 g/mol. The molecule has 2 rings (SSSR count). The van der Waals surface area contributed by atoms with Crippen molar-refractivity contribution in [2.24, 2.45) is 0 Å². The molecule has 2 aromatic rings. The van der Waals surface area contributed by atoms with E-state index in [0.29, 0.717) is 25.4 Å². The zero-order valence-electron chi connectivity index (χ0n) is 21.8. The Balaban J connectivity index is 2.08. The second-order valence-corrected chi connectivity index (χ2v) is 9.79. The molecule has 1 N–H and O–H groups in total. The van der Waals surface area contributed by atoms with Crippen LogP contribution in [0.1, 0.15) is 65.4 Å². The first-order valence-electron chi connectivity index (χ1n) is 12.4. The zero-order chi connectivity index (χ0) is 25.7. The van der Waals surface area contributed by atoms with E-state index in [1.54, 1.807) is 32.5 Å². The van der Waals surface area contributed by atoms with E-state index >= 15 is 0 Å². The van der Waals surface area contributed by atoms with Crippen LogP contribution in [0.3, 0.4) is 0 Å². The van der Waals surface area contributed by atoms with Crippen molar-refractivity contribution in [3.8, 4) is 5.75 Å². The number of hydrogen-bond acceptors (Lipinski definition) is 5. The number of para-hydroxylation sites is 1. The Labute approximate surface area is 214 Å². The highest BCUT2D eigenvalue weighted by Crippen LogP contribution is 2.25. The lowest BCUT2D eigenvalue weighted by molar-refractivity contribution is -0.158. The summed E-state index contributed by atoms with van der Waals surface area (Å²) in [7, 11) is 0. The Morgan fingerprint density at radius 1 is 0.971 bits per heavy atom. The van der Waals surface area contributed by atoms with Gasteiger partial charge in [-0.15, -0.1) is 11.8 Å². The maximum absolute atomic E-state index is 13.2. The Hall–Kier alpha value is -2.67. The molecule has 0 saturated carbocycles. The van der Waals surface area contributed by atoms with Crippen LogP contribution in [0.25, 0.3) is 0 Å². The molecule has 0 radical (unpaired) electrons. The highest BCUT2D eigenvalue weighted by molar-refractivity contribution is 7.98. The molecule has 0 aliphatic rings. The Bertz CT molecular complexity index is 931. The van der Waals surface area contributed by atoms with Crippen molar-refractivity contribution in [1.29, 1.82) is 0 Å². The fraction of sp³-hybridized carbons (Fsp3) is 0.500. The minimum atomic E-state index is -1.08. The monoisotopic (exact) mass is 500 g/mol. The van der Waals surface area contributed by atoms with Gasteiger partial charge in [0.1, 0.15) is 5.75 Å². The number of benzene rings is 2. The van der Waals surface area contributed by atoms with Gasteiger partial charge in [-0.05, 0) is 63.3 Å². The lowest BCUT2D eigenvalue weighted by atomic mass is 10.1. The number of urea groups is 1. The third-order valence-corrected chi connectivity index (χ3v) is 6.40. The molecule has 192 valence electrons. The standard InChI is InChI=1S/C28H40N2O4S/c1-6-8-9-10-13-20-30(27(32)29-24-14-11-12-15-25(24)35-5)21-22-16-18-23(19-17-22)34-28(3,4)26(31)33-7-2/h11-12,14-19H,6-10,13,20-21H2,1-5H3,(H,29,32). The van der Waals surface area contributed by atoms with E-state index < -0.39 is 11.6 Å². The molecular formula is C28H40N2O4S. The molecule has 0 aromatic heterocycles. The summed E-state index contributed by atoms with van der Waals surface area (Å²) in [6.07, 6.45) is 7.67. The molecule has 2 amide bonds. The molecule has 0 spiro atoms. The SMILES string of the molecule is CCCCCCCN(Cc1ccc(OC(C)(C)C(=O)OCC)cc1)C(=O)Nc1ccccc1SC. The average Bonchev–Trinajstić information content (AvgIpc) is 2.84. The van der Waals surface area contributed by atoms with Gasteiger partial charge >= 0.3 is 12.0 Å². The zero-order valence-corrected chi connectivity index (χ0v) is 22.6. The number of nitrogens with one attached hydrogen (secondary N) is 1. The van der Waals surface area contributed by atoms with Crippen LogP contribution in [-0.4, -0.2) is 41.9 Å². The van der Waals surface area contributed by atoms with Crippen molar-refractivity contribution in [2.75, 3.05) is 24.7 Å². The Kier molecular flexibility index (Phi) is 12.0. The van der Waals surface area contributed by atoms with Gasteiger partial charge in [0, 0.05) is 18.0 Å². The number of anilines is 1. The minimum absolute atomic E-state index is 0.106. The topological polar surface area (TPSA) is 67.9 Å². The smallest absolute Gasteiger partial charge is 0.349 e. The summed E-state index contributed by atoms with van der Waals surface area (Å²) in [5.41, 5.74) is 0.742. The molecular weight excluding hydrogens is 460 g/mol. The molecule has 0 atom stereocenters. The number of amides is 2. The molecule has 7 heteroatoms. The van der Waals surface area contributed by atoms with Crippen molar-refractivity contribution in [3.05, 3.63) is 54.1 Å². The predicted molar refractivity (Wildman–Crippen MR) is 144 cm³/mol. The van der Waals surface area contributed by atoms with Crippen LogP contribution in [0, 0.1) is 0 Å². The van der Waals surface area contributed by atoms with Crippen LogP contribution >= 0.6 is 11.8 Å². The van der Waals surface area contributed by atoms with Crippen LogP contribution in [0.15, 0.2) is 53.4 Å². The summed E-state index contributed by atoms with van der Waals surface area (Å²) in [6, 6.07) is 15.3. The number of esters is 1. The van der Waals surface area contributed by atoms with E-state index in [-0.39, 0.29) is 6.03 Å². The van der Waals surface area contributed by atoms with Crippen molar-refractivity contribution < 1.29 is 19.1 Å². The molecule has 0 unspecified atom stereocenters. The van der Waals surface area contributed by atoms with Gasteiger partial charge in [-0.3, -0.25) is 0 Å². The van der Waals surface area contributed by atoms with Crippen LogP contribution in [0.5, 0.6) is 5.75 Å². The second kappa shape index (κ2) is 14.7. The highest BCUT2D eigenvalue weighted by Gasteiger charge is 2.31. The molecule has 35 heavy (non-hydrogen) atoms. The number of unbranched alkanes of at least 4 members (excludes halogenated alkanes) is 4. The quantitative estimate of drug-likeness (QED) is 0.170. The number of carbonyl (C=O) groups excluding carboxylic acids is 2. The fourth-order valence-electron chi connectivity index (χ4n) is 3.63. The van der Waals surface area contributed by atoms with Crippen LogP contribution in [0.2, 0.25) is 0 Å². The van der Waals surface area contributed by atoms with E-state index in [1.165, 1.54) is 19.3 Å². The number of ether oxygens (including phenoxy) is 2. The molecule has 6 nitrogen and oxygen atoms in total. The van der Waals surface area contributed by atoms with Gasteiger partial charge in [0.2, 0.25) is 0 Å². The van der Waals surface area contributed by atoms with E-state index in [9.17, 15) is 9.59 Å². The van der Waals surface area contributed by atoms with Gasteiger partial charge < -0.3 is 19.7 Å². The van der Waals surface area contributed by atoms with Gasteiger partial charge in [-0.1, -0.05) is 56.9 Å². The summed E-state index contributed by atoms with van der Waals surface area (Å²) in [6.45, 7) is 8.83. The van der Waals surface area contributed by atoms with E-state index in [4.69, 9.17) is 9.47 Å². The van der Waals surface area contributed by atoms with Gasteiger partial charge in [0.05, 0.1) is 12.3 Å². The third kappa shape index (κ3) is 9.48. The Morgan fingerprint density at radius 3 is 2.31 bits per heavy atom. The molecule has 0 heterocycles. The second-order valence-electron chi connectivity index (χ2n) is 8.94. The minimum Gasteiger partial charge on any atom is -0.476 e. The fourth-order valence-corrected chi connectivity index (χ4v) is 4.18. The first kappa shape index (κ1) is 28.6. The highest BCUT2D eigenvalue weighted by atomic mass is 32.2. The van der Waals surface area contributed by atoms with Gasteiger partial charge in [-0.25, -0.2) is 9.59 Å². The van der Waals surface area contributed by atoms with Gasteiger partial charge in [0.15, 0.2) is 5.60 Å². The van der Waals surface area contributed by atoms with E-state index in [1.807, 2.05) is 59.7 Å². The van der Waals surface area contributed by atoms with E-state index in [0.717, 1.165) is 29.0 Å². The van der Waals surface area contributed by atoms with Gasteiger partial charge in [-0.2, -0.15) is 0 Å². The largest absolute Gasteiger partial charge is 0.476 e. The number of nitrogens with zero attached hydrogens (tertiary/aromatic N) is 1. The predicted octanol–water partition coefficient (Wildman–Crippen LogP) is 7.13. The molecule has 0 bridgehead atoms. The molecule has 0 saturated heterocycles. The lowest BCUT2D eigenvalue weighted by Gasteiger charge is -2.25. The molecule has 0 aliphatic heterocycles. The summed E-state index contributed by atoms with van der Waals surface area (Å²) >= 11 is 1.61. The number of thioether (sulfide) groups is 1. The van der Waals surface area contributed by atoms with Gasteiger partial charge in [0.25, 0.3) is 0 Å². The molecule has 0 aliphatic carbocycles. The summed E-state index contributed by atoms with van der Waals surface area (Å²) in [5, 5.41) is 3.09. The van der Waals surface area contributed by atoms with E-state index in [2.05, 4.69) is 12.2 Å². The normalized spacial score (nSPS) is 11.1. The first-order valence-corrected chi connectivity index (χ1v) is 13.7.